The number of pyridine rings is 1. The summed E-state index contributed by atoms with van der Waals surface area (Å²) in [4.78, 5) is 6.38. The molecule has 2 rings (SSSR count). The molecule has 0 amide bonds. The fourth-order valence-corrected chi connectivity index (χ4v) is 2.29. The molecule has 0 radical (unpaired) electrons. The van der Waals surface area contributed by atoms with Crippen molar-refractivity contribution in [3.05, 3.63) is 58.3 Å². The Morgan fingerprint density at radius 2 is 2.00 bits per heavy atom. The first-order valence-electron chi connectivity index (χ1n) is 5.76. The van der Waals surface area contributed by atoms with Gasteiger partial charge in [-0.3, -0.25) is 9.88 Å². The molecule has 0 saturated carbocycles. The third-order valence-corrected chi connectivity index (χ3v) is 3.14. The maximum Gasteiger partial charge on any atom is 0.0410 e. The highest BCUT2D eigenvalue weighted by molar-refractivity contribution is 9.10. The SMILES string of the molecule is CN(Cc1cncc(Br)c1)Cc1ccccc1N. The number of anilines is 1. The molecule has 4 heteroatoms. The molecular weight excluding hydrogens is 290 g/mol. The number of halogens is 1. The minimum absolute atomic E-state index is 0.833. The van der Waals surface area contributed by atoms with Gasteiger partial charge in [0.25, 0.3) is 0 Å². The largest absolute Gasteiger partial charge is 0.398 e. The molecule has 1 aromatic heterocycles. The van der Waals surface area contributed by atoms with E-state index in [2.05, 4.69) is 45.0 Å². The number of hydrogen-bond acceptors (Lipinski definition) is 3. The molecule has 0 spiro atoms. The van der Waals surface area contributed by atoms with Gasteiger partial charge in [-0.15, -0.1) is 0 Å². The Balaban J connectivity index is 2.01. The van der Waals surface area contributed by atoms with Crippen LogP contribution in [0.2, 0.25) is 0 Å². The summed E-state index contributed by atoms with van der Waals surface area (Å²) in [6.45, 7) is 1.68. The van der Waals surface area contributed by atoms with Crippen LogP contribution in [-0.2, 0) is 13.1 Å². The van der Waals surface area contributed by atoms with Crippen LogP contribution >= 0.6 is 15.9 Å². The van der Waals surface area contributed by atoms with Gasteiger partial charge in [0.1, 0.15) is 0 Å². The molecule has 0 unspecified atom stereocenters. The molecule has 0 aliphatic rings. The topological polar surface area (TPSA) is 42.2 Å². The van der Waals surface area contributed by atoms with Crippen molar-refractivity contribution in [2.24, 2.45) is 0 Å². The van der Waals surface area contributed by atoms with Crippen LogP contribution in [0.1, 0.15) is 11.1 Å². The summed E-state index contributed by atoms with van der Waals surface area (Å²) in [6, 6.07) is 10.0. The third kappa shape index (κ3) is 3.55. The van der Waals surface area contributed by atoms with Crippen molar-refractivity contribution < 1.29 is 0 Å². The molecule has 2 N–H and O–H groups in total. The van der Waals surface area contributed by atoms with Crippen LogP contribution in [0.25, 0.3) is 0 Å². The first-order chi connectivity index (χ1) is 8.65. The van der Waals surface area contributed by atoms with Crippen LogP contribution in [0, 0.1) is 0 Å². The van der Waals surface area contributed by atoms with Crippen molar-refractivity contribution in [3.8, 4) is 0 Å². The number of nitrogens with two attached hydrogens (primary N) is 1. The Hall–Kier alpha value is -1.39. The predicted octanol–water partition coefficient (Wildman–Crippen LogP) is 3.06. The molecule has 2 aromatic rings. The Morgan fingerprint density at radius 1 is 1.22 bits per heavy atom. The number of hydrogen-bond donors (Lipinski definition) is 1. The predicted molar refractivity (Wildman–Crippen MR) is 78.0 cm³/mol. The van der Waals surface area contributed by atoms with E-state index < -0.39 is 0 Å². The maximum absolute atomic E-state index is 5.94. The average Bonchev–Trinajstić information content (AvgIpc) is 2.32. The van der Waals surface area contributed by atoms with E-state index >= 15 is 0 Å². The van der Waals surface area contributed by atoms with Crippen LogP contribution in [-0.4, -0.2) is 16.9 Å². The van der Waals surface area contributed by atoms with E-state index in [9.17, 15) is 0 Å². The Kier molecular flexibility index (Phi) is 4.33. The van der Waals surface area contributed by atoms with E-state index in [1.165, 1.54) is 5.56 Å². The lowest BCUT2D eigenvalue weighted by Gasteiger charge is -2.17. The second-order valence-corrected chi connectivity index (χ2v) is 5.30. The summed E-state index contributed by atoms with van der Waals surface area (Å²) in [7, 11) is 2.08. The van der Waals surface area contributed by atoms with Gasteiger partial charge in [0.05, 0.1) is 0 Å². The van der Waals surface area contributed by atoms with E-state index in [1.54, 1.807) is 6.20 Å². The first kappa shape index (κ1) is 13.1. The van der Waals surface area contributed by atoms with E-state index in [0.717, 1.165) is 28.8 Å². The lowest BCUT2D eigenvalue weighted by atomic mass is 10.1. The van der Waals surface area contributed by atoms with Crippen molar-refractivity contribution >= 4 is 21.6 Å². The van der Waals surface area contributed by atoms with Crippen LogP contribution in [0.3, 0.4) is 0 Å². The van der Waals surface area contributed by atoms with Crippen LogP contribution in [0.15, 0.2) is 47.2 Å². The molecule has 94 valence electrons. The van der Waals surface area contributed by atoms with Gasteiger partial charge in [-0.05, 0) is 46.2 Å². The van der Waals surface area contributed by atoms with Gasteiger partial charge in [-0.25, -0.2) is 0 Å². The average molecular weight is 306 g/mol. The van der Waals surface area contributed by atoms with Crippen LogP contribution < -0.4 is 5.73 Å². The van der Waals surface area contributed by atoms with Gasteiger partial charge in [0.2, 0.25) is 0 Å². The van der Waals surface area contributed by atoms with Gasteiger partial charge < -0.3 is 5.73 Å². The Bertz CT molecular complexity index is 528. The van der Waals surface area contributed by atoms with Crippen molar-refractivity contribution in [2.45, 2.75) is 13.1 Å². The number of nitrogen functional groups attached to an aromatic ring is 1. The molecule has 0 aliphatic heterocycles. The summed E-state index contributed by atoms with van der Waals surface area (Å²) < 4.78 is 1.01. The fraction of sp³-hybridized carbons (Fsp3) is 0.214. The third-order valence-electron chi connectivity index (χ3n) is 2.71. The van der Waals surface area contributed by atoms with E-state index in [1.807, 2.05) is 24.4 Å². The fourth-order valence-electron chi connectivity index (χ4n) is 1.88. The zero-order chi connectivity index (χ0) is 13.0. The molecule has 0 fully saturated rings. The summed E-state index contributed by atoms with van der Waals surface area (Å²) in [5, 5.41) is 0. The summed E-state index contributed by atoms with van der Waals surface area (Å²) in [6.07, 6.45) is 3.67. The molecule has 0 saturated heterocycles. The molecule has 1 heterocycles. The smallest absolute Gasteiger partial charge is 0.0410 e. The highest BCUT2D eigenvalue weighted by atomic mass is 79.9. The second kappa shape index (κ2) is 5.98. The van der Waals surface area contributed by atoms with Crippen LogP contribution in [0.5, 0.6) is 0 Å². The Morgan fingerprint density at radius 3 is 2.72 bits per heavy atom. The van der Waals surface area contributed by atoms with Crippen molar-refractivity contribution in [1.82, 2.24) is 9.88 Å². The van der Waals surface area contributed by atoms with E-state index in [-0.39, 0.29) is 0 Å². The lowest BCUT2D eigenvalue weighted by Crippen LogP contribution is -2.18. The molecule has 0 atom stereocenters. The molecule has 0 bridgehead atoms. The van der Waals surface area contributed by atoms with Crippen molar-refractivity contribution in [3.63, 3.8) is 0 Å². The molecule has 0 aliphatic carbocycles. The lowest BCUT2D eigenvalue weighted by molar-refractivity contribution is 0.319. The molecular formula is C14H16BrN3. The summed E-state index contributed by atoms with van der Waals surface area (Å²) >= 11 is 3.43. The maximum atomic E-state index is 5.94. The van der Waals surface area contributed by atoms with Gasteiger partial charge in [0, 0.05) is 35.6 Å². The standard InChI is InChI=1S/C14H16BrN3/c1-18(9-11-6-13(15)8-17-7-11)10-12-4-2-3-5-14(12)16/h2-8H,9-10,16H2,1H3. The number of rotatable bonds is 4. The van der Waals surface area contributed by atoms with Gasteiger partial charge in [0.15, 0.2) is 0 Å². The zero-order valence-corrected chi connectivity index (χ0v) is 11.9. The number of nitrogens with zero attached hydrogens (tertiary/aromatic N) is 2. The monoisotopic (exact) mass is 305 g/mol. The highest BCUT2D eigenvalue weighted by Crippen LogP contribution is 2.15. The van der Waals surface area contributed by atoms with Crippen LogP contribution in [0.4, 0.5) is 5.69 Å². The molecule has 18 heavy (non-hydrogen) atoms. The number of aromatic nitrogens is 1. The highest BCUT2D eigenvalue weighted by Gasteiger charge is 2.04. The molecule has 3 nitrogen and oxygen atoms in total. The Labute approximate surface area is 116 Å². The van der Waals surface area contributed by atoms with Gasteiger partial charge in [-0.1, -0.05) is 18.2 Å². The normalized spacial score (nSPS) is 10.8. The van der Waals surface area contributed by atoms with Gasteiger partial charge in [-0.2, -0.15) is 0 Å². The minimum atomic E-state index is 0.833. The quantitative estimate of drug-likeness (QED) is 0.883. The van der Waals surface area contributed by atoms with Gasteiger partial charge >= 0.3 is 0 Å². The van der Waals surface area contributed by atoms with Crippen molar-refractivity contribution in [2.75, 3.05) is 12.8 Å². The van der Waals surface area contributed by atoms with E-state index in [4.69, 9.17) is 5.73 Å². The number of benzene rings is 1. The molecule has 1 aromatic carbocycles. The second-order valence-electron chi connectivity index (χ2n) is 4.38. The van der Waals surface area contributed by atoms with Crippen molar-refractivity contribution in [1.29, 1.82) is 0 Å². The number of para-hydroxylation sites is 1. The summed E-state index contributed by atoms with van der Waals surface area (Å²) in [5.41, 5.74) is 9.12. The minimum Gasteiger partial charge on any atom is -0.398 e. The zero-order valence-electron chi connectivity index (χ0n) is 10.3. The summed E-state index contributed by atoms with van der Waals surface area (Å²) in [5.74, 6) is 0. The first-order valence-corrected chi connectivity index (χ1v) is 6.56. The van der Waals surface area contributed by atoms with E-state index in [0.29, 0.717) is 0 Å².